The van der Waals surface area contributed by atoms with Crippen molar-refractivity contribution in [2.45, 2.75) is 40.3 Å². The largest absolute Gasteiger partial charge is 0.344 e. The summed E-state index contributed by atoms with van der Waals surface area (Å²) in [6.45, 7) is 8.66. The number of carbonyl (C=O) groups excluding carboxylic acids is 1. The van der Waals surface area contributed by atoms with Gasteiger partial charge in [-0.2, -0.15) is 10.2 Å². The fourth-order valence-corrected chi connectivity index (χ4v) is 2.71. The third-order valence-corrected chi connectivity index (χ3v) is 4.55. The van der Waals surface area contributed by atoms with Crippen molar-refractivity contribution in [3.63, 3.8) is 0 Å². The summed E-state index contributed by atoms with van der Waals surface area (Å²) in [6, 6.07) is -0.119. The molecule has 0 saturated heterocycles. The zero-order valence-corrected chi connectivity index (χ0v) is 14.5. The highest BCUT2D eigenvalue weighted by Crippen LogP contribution is 2.22. The smallest absolute Gasteiger partial charge is 0.273 e. The molecule has 1 amide bonds. The summed E-state index contributed by atoms with van der Waals surface area (Å²) in [7, 11) is 1.82. The maximum absolute atomic E-state index is 12.4. The molecule has 0 radical (unpaired) electrons. The van der Waals surface area contributed by atoms with Crippen LogP contribution in [-0.4, -0.2) is 25.5 Å². The van der Waals surface area contributed by atoms with E-state index in [9.17, 15) is 4.79 Å². The zero-order valence-electron chi connectivity index (χ0n) is 12.9. The van der Waals surface area contributed by atoms with Crippen LogP contribution in [0.4, 0.5) is 0 Å². The number of hydrogen-bond donors (Lipinski definition) is 1. The van der Waals surface area contributed by atoms with Gasteiger partial charge in [-0.25, -0.2) is 0 Å². The Labute approximate surface area is 132 Å². The molecule has 21 heavy (non-hydrogen) atoms. The molecule has 2 aromatic heterocycles. The number of amides is 1. The molecule has 0 aliphatic carbocycles. The summed E-state index contributed by atoms with van der Waals surface area (Å²) >= 11 is 3.42. The minimum atomic E-state index is -0.193. The van der Waals surface area contributed by atoms with Crippen molar-refractivity contribution in [2.24, 2.45) is 7.05 Å². The van der Waals surface area contributed by atoms with E-state index in [1.54, 1.807) is 4.68 Å². The van der Waals surface area contributed by atoms with Gasteiger partial charge in [0.25, 0.3) is 5.91 Å². The average molecular weight is 354 g/mol. The van der Waals surface area contributed by atoms with Gasteiger partial charge in [-0.3, -0.25) is 14.2 Å². The third-order valence-electron chi connectivity index (χ3n) is 3.60. The number of carbonyl (C=O) groups is 1. The van der Waals surface area contributed by atoms with Gasteiger partial charge in [-0.05, 0) is 43.6 Å². The lowest BCUT2D eigenvalue weighted by atomic mass is 10.1. The standard InChI is InChI=1S/C14H20BrN5O/c1-6-20-7-11(9(3)17-20)8(2)16-14(21)13-12(15)10(4)19(5)18-13/h7-8H,6H2,1-5H3,(H,16,21)/t8-/m1/s1. The molecule has 1 N–H and O–H groups in total. The van der Waals surface area contributed by atoms with E-state index in [4.69, 9.17) is 0 Å². The quantitative estimate of drug-likeness (QED) is 0.918. The number of nitrogens with zero attached hydrogens (tertiary/aromatic N) is 4. The summed E-state index contributed by atoms with van der Waals surface area (Å²) in [5, 5.41) is 11.6. The van der Waals surface area contributed by atoms with E-state index in [0.717, 1.165) is 28.0 Å². The Balaban J connectivity index is 2.18. The van der Waals surface area contributed by atoms with E-state index < -0.39 is 0 Å². The molecule has 0 aliphatic rings. The molecular formula is C14H20BrN5O. The second-order valence-corrected chi connectivity index (χ2v) is 5.89. The number of aromatic nitrogens is 4. The maximum Gasteiger partial charge on any atom is 0.273 e. The lowest BCUT2D eigenvalue weighted by Gasteiger charge is -2.12. The summed E-state index contributed by atoms with van der Waals surface area (Å²) < 4.78 is 4.29. The minimum Gasteiger partial charge on any atom is -0.344 e. The Bertz CT molecular complexity index is 673. The molecule has 0 fully saturated rings. The first-order valence-corrected chi connectivity index (χ1v) is 7.68. The van der Waals surface area contributed by atoms with Crippen LogP contribution >= 0.6 is 15.9 Å². The van der Waals surface area contributed by atoms with Gasteiger partial charge < -0.3 is 5.32 Å². The van der Waals surface area contributed by atoms with E-state index in [2.05, 4.69) is 31.4 Å². The van der Waals surface area contributed by atoms with Gasteiger partial charge in [0.05, 0.1) is 21.9 Å². The molecule has 0 unspecified atom stereocenters. The van der Waals surface area contributed by atoms with Gasteiger partial charge in [-0.15, -0.1) is 0 Å². The zero-order chi connectivity index (χ0) is 15.7. The normalized spacial score (nSPS) is 12.5. The highest BCUT2D eigenvalue weighted by atomic mass is 79.9. The number of halogens is 1. The Kier molecular flexibility index (Phi) is 4.51. The van der Waals surface area contributed by atoms with Crippen LogP contribution in [0.5, 0.6) is 0 Å². The molecule has 2 rings (SSSR count). The third kappa shape index (κ3) is 3.02. The van der Waals surface area contributed by atoms with Gasteiger partial charge in [0.15, 0.2) is 5.69 Å². The fraction of sp³-hybridized carbons (Fsp3) is 0.500. The molecule has 2 aromatic rings. The molecule has 7 heteroatoms. The molecule has 0 saturated carbocycles. The summed E-state index contributed by atoms with van der Waals surface area (Å²) in [6.07, 6.45) is 1.97. The van der Waals surface area contributed by atoms with E-state index >= 15 is 0 Å². The van der Waals surface area contributed by atoms with Gasteiger partial charge in [0.1, 0.15) is 0 Å². The first kappa shape index (κ1) is 15.8. The Morgan fingerprint density at radius 2 is 2.10 bits per heavy atom. The van der Waals surface area contributed by atoms with Crippen LogP contribution in [0, 0.1) is 13.8 Å². The highest BCUT2D eigenvalue weighted by Gasteiger charge is 2.21. The highest BCUT2D eigenvalue weighted by molar-refractivity contribution is 9.10. The molecule has 2 heterocycles. The molecule has 1 atom stereocenters. The Morgan fingerprint density at radius 1 is 1.43 bits per heavy atom. The van der Waals surface area contributed by atoms with Gasteiger partial charge in [0.2, 0.25) is 0 Å². The number of nitrogens with one attached hydrogen (secondary N) is 1. The van der Waals surface area contributed by atoms with Crippen molar-refractivity contribution in [3.05, 3.63) is 33.3 Å². The lowest BCUT2D eigenvalue weighted by molar-refractivity contribution is 0.0933. The second-order valence-electron chi connectivity index (χ2n) is 5.09. The van der Waals surface area contributed by atoms with Gasteiger partial charge in [-0.1, -0.05) is 0 Å². The first-order chi connectivity index (χ1) is 9.85. The SMILES string of the molecule is CCn1cc([C@@H](C)NC(=O)c2nn(C)c(C)c2Br)c(C)n1. The van der Waals surface area contributed by atoms with Crippen LogP contribution < -0.4 is 5.32 Å². The van der Waals surface area contributed by atoms with E-state index in [0.29, 0.717) is 5.69 Å². The van der Waals surface area contributed by atoms with Gasteiger partial charge >= 0.3 is 0 Å². The predicted octanol–water partition coefficient (Wildman–Crippen LogP) is 2.51. The minimum absolute atomic E-state index is 0.119. The fourth-order valence-electron chi connectivity index (χ4n) is 2.19. The predicted molar refractivity (Wildman–Crippen MR) is 84.2 cm³/mol. The van der Waals surface area contributed by atoms with E-state index in [1.165, 1.54) is 0 Å². The Hall–Kier alpha value is -1.63. The number of rotatable bonds is 4. The van der Waals surface area contributed by atoms with Crippen molar-refractivity contribution in [1.82, 2.24) is 24.9 Å². The van der Waals surface area contributed by atoms with Crippen molar-refractivity contribution in [2.75, 3.05) is 0 Å². The summed E-state index contributed by atoms with van der Waals surface area (Å²) in [5.41, 5.74) is 3.28. The summed E-state index contributed by atoms with van der Waals surface area (Å²) in [4.78, 5) is 12.4. The molecule has 0 spiro atoms. The van der Waals surface area contributed by atoms with Crippen LogP contribution in [0.2, 0.25) is 0 Å². The van der Waals surface area contributed by atoms with Crippen LogP contribution in [-0.2, 0) is 13.6 Å². The Morgan fingerprint density at radius 3 is 2.57 bits per heavy atom. The van der Waals surface area contributed by atoms with E-state index in [-0.39, 0.29) is 11.9 Å². The maximum atomic E-state index is 12.4. The van der Waals surface area contributed by atoms with Gasteiger partial charge in [0, 0.05) is 25.4 Å². The molecule has 0 aromatic carbocycles. The van der Waals surface area contributed by atoms with Crippen molar-refractivity contribution >= 4 is 21.8 Å². The van der Waals surface area contributed by atoms with Crippen LogP contribution in [0.25, 0.3) is 0 Å². The molecule has 6 nitrogen and oxygen atoms in total. The average Bonchev–Trinajstić information content (AvgIpc) is 2.94. The van der Waals surface area contributed by atoms with Crippen LogP contribution in [0.1, 0.15) is 47.3 Å². The van der Waals surface area contributed by atoms with E-state index in [1.807, 2.05) is 45.6 Å². The van der Waals surface area contributed by atoms with Crippen molar-refractivity contribution in [1.29, 1.82) is 0 Å². The molecule has 0 bridgehead atoms. The first-order valence-electron chi connectivity index (χ1n) is 6.89. The second kappa shape index (κ2) is 6.01. The monoisotopic (exact) mass is 353 g/mol. The molecule has 114 valence electrons. The van der Waals surface area contributed by atoms with Crippen LogP contribution in [0.15, 0.2) is 10.7 Å². The summed E-state index contributed by atoms with van der Waals surface area (Å²) in [5.74, 6) is -0.193. The number of hydrogen-bond acceptors (Lipinski definition) is 3. The lowest BCUT2D eigenvalue weighted by Crippen LogP contribution is -2.27. The topological polar surface area (TPSA) is 64.7 Å². The van der Waals surface area contributed by atoms with Crippen molar-refractivity contribution in [3.8, 4) is 0 Å². The van der Waals surface area contributed by atoms with Crippen LogP contribution in [0.3, 0.4) is 0 Å². The van der Waals surface area contributed by atoms with Crippen molar-refractivity contribution < 1.29 is 4.79 Å². The number of aryl methyl sites for hydroxylation is 3. The molecular weight excluding hydrogens is 334 g/mol. The molecule has 0 aliphatic heterocycles.